The number of hydrogen-bond acceptors (Lipinski definition) is 4. The smallest absolute Gasteiger partial charge is 0.122 e. The standard InChI is InChI=1S/C11H18N2O2/c1-9-2-3-11(15-9)10(12)8-13-4-6-14-7-5-13/h2-3,10H,4-8,12H2,1H3. The first kappa shape index (κ1) is 10.7. The number of hydrogen-bond donors (Lipinski definition) is 1. The number of ether oxygens (including phenoxy) is 1. The van der Waals surface area contributed by atoms with Gasteiger partial charge in [0, 0.05) is 19.6 Å². The predicted molar refractivity (Wildman–Crippen MR) is 57.6 cm³/mol. The predicted octanol–water partition coefficient (Wildman–Crippen LogP) is 0.920. The summed E-state index contributed by atoms with van der Waals surface area (Å²) in [6.07, 6.45) is 0. The lowest BCUT2D eigenvalue weighted by atomic mass is 10.2. The summed E-state index contributed by atoms with van der Waals surface area (Å²) in [5.41, 5.74) is 6.06. The minimum atomic E-state index is -0.0307. The minimum absolute atomic E-state index is 0.0307. The average Bonchev–Trinajstić information content (AvgIpc) is 2.66. The molecule has 2 N–H and O–H groups in total. The van der Waals surface area contributed by atoms with Crippen molar-refractivity contribution < 1.29 is 9.15 Å². The van der Waals surface area contributed by atoms with Crippen molar-refractivity contribution in [1.82, 2.24) is 4.90 Å². The van der Waals surface area contributed by atoms with Crippen LogP contribution in [-0.2, 0) is 4.74 Å². The van der Waals surface area contributed by atoms with Crippen LogP contribution in [0.15, 0.2) is 16.5 Å². The van der Waals surface area contributed by atoms with Crippen molar-refractivity contribution in [2.45, 2.75) is 13.0 Å². The molecule has 4 nitrogen and oxygen atoms in total. The summed E-state index contributed by atoms with van der Waals surface area (Å²) in [4.78, 5) is 2.31. The molecule has 1 fully saturated rings. The van der Waals surface area contributed by atoms with Crippen LogP contribution in [0.1, 0.15) is 17.6 Å². The maximum absolute atomic E-state index is 6.06. The molecule has 0 radical (unpaired) electrons. The van der Waals surface area contributed by atoms with E-state index >= 15 is 0 Å². The summed E-state index contributed by atoms with van der Waals surface area (Å²) in [6.45, 7) is 6.33. The van der Waals surface area contributed by atoms with E-state index in [9.17, 15) is 0 Å². The minimum Gasteiger partial charge on any atom is -0.465 e. The van der Waals surface area contributed by atoms with E-state index in [4.69, 9.17) is 14.9 Å². The Morgan fingerprint density at radius 1 is 1.40 bits per heavy atom. The molecular formula is C11H18N2O2. The SMILES string of the molecule is Cc1ccc(C(N)CN2CCOCC2)o1. The summed E-state index contributed by atoms with van der Waals surface area (Å²) >= 11 is 0. The van der Waals surface area contributed by atoms with Crippen molar-refractivity contribution >= 4 is 0 Å². The van der Waals surface area contributed by atoms with E-state index in [1.54, 1.807) is 0 Å². The van der Waals surface area contributed by atoms with Gasteiger partial charge in [-0.25, -0.2) is 0 Å². The van der Waals surface area contributed by atoms with Gasteiger partial charge in [0.25, 0.3) is 0 Å². The normalized spacial score (nSPS) is 20.4. The summed E-state index contributed by atoms with van der Waals surface area (Å²) in [7, 11) is 0. The molecule has 1 unspecified atom stereocenters. The molecule has 84 valence electrons. The van der Waals surface area contributed by atoms with Gasteiger partial charge < -0.3 is 14.9 Å². The third-order valence-corrected chi connectivity index (χ3v) is 2.69. The second-order valence-corrected chi connectivity index (χ2v) is 3.97. The topological polar surface area (TPSA) is 51.6 Å². The molecular weight excluding hydrogens is 192 g/mol. The Hall–Kier alpha value is -0.840. The van der Waals surface area contributed by atoms with Crippen LogP contribution >= 0.6 is 0 Å². The second kappa shape index (κ2) is 4.79. The Morgan fingerprint density at radius 3 is 2.73 bits per heavy atom. The molecule has 4 heteroatoms. The molecule has 1 aromatic rings. The molecule has 0 amide bonds. The first-order valence-electron chi connectivity index (χ1n) is 5.38. The number of aryl methyl sites for hydroxylation is 1. The number of furan rings is 1. The first-order valence-corrected chi connectivity index (χ1v) is 5.38. The molecule has 1 aromatic heterocycles. The third-order valence-electron chi connectivity index (χ3n) is 2.69. The van der Waals surface area contributed by atoms with Crippen molar-refractivity contribution in [3.8, 4) is 0 Å². The van der Waals surface area contributed by atoms with Crippen molar-refractivity contribution in [3.05, 3.63) is 23.7 Å². The van der Waals surface area contributed by atoms with E-state index < -0.39 is 0 Å². The number of nitrogens with zero attached hydrogens (tertiary/aromatic N) is 1. The second-order valence-electron chi connectivity index (χ2n) is 3.97. The fourth-order valence-corrected chi connectivity index (χ4v) is 1.80. The molecule has 1 atom stereocenters. The van der Waals surface area contributed by atoms with Gasteiger partial charge in [-0.15, -0.1) is 0 Å². The molecule has 0 spiro atoms. The maximum Gasteiger partial charge on any atom is 0.122 e. The van der Waals surface area contributed by atoms with Gasteiger partial charge in [-0.2, -0.15) is 0 Å². The van der Waals surface area contributed by atoms with Gasteiger partial charge in [0.15, 0.2) is 0 Å². The summed E-state index contributed by atoms with van der Waals surface area (Å²) in [5.74, 6) is 1.79. The molecule has 0 bridgehead atoms. The van der Waals surface area contributed by atoms with Crippen molar-refractivity contribution in [2.75, 3.05) is 32.8 Å². The van der Waals surface area contributed by atoms with E-state index in [0.29, 0.717) is 0 Å². The molecule has 0 saturated carbocycles. The molecule has 0 aromatic carbocycles. The van der Waals surface area contributed by atoms with Crippen LogP contribution in [0.5, 0.6) is 0 Å². The first-order chi connectivity index (χ1) is 7.25. The van der Waals surface area contributed by atoms with Crippen LogP contribution < -0.4 is 5.73 Å². The molecule has 2 heterocycles. The Labute approximate surface area is 90.0 Å². The van der Waals surface area contributed by atoms with E-state index in [-0.39, 0.29) is 6.04 Å². The molecule has 0 aliphatic carbocycles. The van der Waals surface area contributed by atoms with Crippen LogP contribution in [0, 0.1) is 6.92 Å². The van der Waals surface area contributed by atoms with Crippen molar-refractivity contribution in [3.63, 3.8) is 0 Å². The highest BCUT2D eigenvalue weighted by molar-refractivity contribution is 5.09. The lowest BCUT2D eigenvalue weighted by molar-refractivity contribution is 0.0343. The molecule has 1 saturated heterocycles. The van der Waals surface area contributed by atoms with E-state index in [0.717, 1.165) is 44.4 Å². The fourth-order valence-electron chi connectivity index (χ4n) is 1.80. The van der Waals surface area contributed by atoms with Gasteiger partial charge >= 0.3 is 0 Å². The number of rotatable bonds is 3. The van der Waals surface area contributed by atoms with E-state index in [1.165, 1.54) is 0 Å². The van der Waals surface area contributed by atoms with Crippen LogP contribution in [0.25, 0.3) is 0 Å². The zero-order chi connectivity index (χ0) is 10.7. The maximum atomic E-state index is 6.06. The van der Waals surface area contributed by atoms with Gasteiger partial charge in [0.1, 0.15) is 11.5 Å². The van der Waals surface area contributed by atoms with Crippen molar-refractivity contribution in [1.29, 1.82) is 0 Å². The fraction of sp³-hybridized carbons (Fsp3) is 0.636. The molecule has 15 heavy (non-hydrogen) atoms. The third kappa shape index (κ3) is 2.81. The highest BCUT2D eigenvalue weighted by atomic mass is 16.5. The summed E-state index contributed by atoms with van der Waals surface area (Å²) in [5, 5.41) is 0. The quantitative estimate of drug-likeness (QED) is 0.806. The van der Waals surface area contributed by atoms with Gasteiger partial charge in [-0.3, -0.25) is 4.90 Å². The van der Waals surface area contributed by atoms with Crippen LogP contribution in [0.2, 0.25) is 0 Å². The Bertz CT molecular complexity index is 305. The van der Waals surface area contributed by atoms with Crippen LogP contribution in [-0.4, -0.2) is 37.7 Å². The van der Waals surface area contributed by atoms with E-state index in [1.807, 2.05) is 19.1 Å². The highest BCUT2D eigenvalue weighted by Gasteiger charge is 2.16. The van der Waals surface area contributed by atoms with Gasteiger partial charge in [0.05, 0.1) is 19.3 Å². The summed E-state index contributed by atoms with van der Waals surface area (Å²) in [6, 6.07) is 3.88. The zero-order valence-corrected chi connectivity index (χ0v) is 9.11. The molecule has 1 aliphatic rings. The lowest BCUT2D eigenvalue weighted by Crippen LogP contribution is -2.40. The summed E-state index contributed by atoms with van der Waals surface area (Å²) < 4.78 is 10.8. The zero-order valence-electron chi connectivity index (χ0n) is 9.11. The molecule has 1 aliphatic heterocycles. The monoisotopic (exact) mass is 210 g/mol. The molecule has 2 rings (SSSR count). The van der Waals surface area contributed by atoms with Gasteiger partial charge in [-0.05, 0) is 19.1 Å². The van der Waals surface area contributed by atoms with Gasteiger partial charge in [0.2, 0.25) is 0 Å². The van der Waals surface area contributed by atoms with Crippen molar-refractivity contribution in [2.24, 2.45) is 5.73 Å². The van der Waals surface area contributed by atoms with Gasteiger partial charge in [-0.1, -0.05) is 0 Å². The highest BCUT2D eigenvalue weighted by Crippen LogP contribution is 2.15. The largest absolute Gasteiger partial charge is 0.465 e. The van der Waals surface area contributed by atoms with Crippen LogP contribution in [0.4, 0.5) is 0 Å². The van der Waals surface area contributed by atoms with E-state index in [2.05, 4.69) is 4.90 Å². The Kier molecular flexibility index (Phi) is 3.41. The Balaban J connectivity index is 1.88. The number of morpholine rings is 1. The number of nitrogens with two attached hydrogens (primary N) is 1. The van der Waals surface area contributed by atoms with Crippen LogP contribution in [0.3, 0.4) is 0 Å². The average molecular weight is 210 g/mol. The lowest BCUT2D eigenvalue weighted by Gasteiger charge is -2.28. The Morgan fingerprint density at radius 2 is 2.13 bits per heavy atom.